The number of hydrogen-bond acceptors (Lipinski definition) is 2. The number of benzene rings is 2. The van der Waals surface area contributed by atoms with Gasteiger partial charge in [-0.25, -0.2) is 0 Å². The molecule has 0 bridgehead atoms. The summed E-state index contributed by atoms with van der Waals surface area (Å²) in [6, 6.07) is 15.4. The van der Waals surface area contributed by atoms with Crippen LogP contribution in [0.2, 0.25) is 0 Å². The van der Waals surface area contributed by atoms with Crippen molar-refractivity contribution in [3.8, 4) is 11.5 Å². The number of aromatic hydroxyl groups is 1. The van der Waals surface area contributed by atoms with E-state index in [4.69, 9.17) is 4.74 Å². The van der Waals surface area contributed by atoms with Gasteiger partial charge >= 0.3 is 0 Å². The van der Waals surface area contributed by atoms with Gasteiger partial charge in [-0.15, -0.1) is 0 Å². The topological polar surface area (TPSA) is 34.4 Å². The molecule has 0 radical (unpaired) electrons. The Balaban J connectivity index is 1.92. The number of ether oxygens (including phenoxy) is 1. The molecule has 3 nitrogen and oxygen atoms in total. The highest BCUT2D eigenvalue weighted by Crippen LogP contribution is 2.25. The highest BCUT2D eigenvalue weighted by Gasteiger charge is 2.10. The lowest BCUT2D eigenvalue weighted by Crippen LogP contribution is -2.05. The normalized spacial score (nSPS) is 11.0. The molecule has 0 fully saturated rings. The zero-order valence-electron chi connectivity index (χ0n) is 12.3. The monoisotopic (exact) mass is 281 g/mol. The zero-order valence-corrected chi connectivity index (χ0v) is 12.3. The number of aryl methyl sites for hydroxylation is 2. The number of aromatic nitrogens is 1. The van der Waals surface area contributed by atoms with E-state index in [1.54, 1.807) is 18.2 Å². The molecule has 3 aromatic rings. The van der Waals surface area contributed by atoms with Gasteiger partial charge in [0.1, 0.15) is 18.1 Å². The van der Waals surface area contributed by atoms with Crippen LogP contribution in [0, 0.1) is 6.92 Å². The molecule has 1 N–H and O–H groups in total. The Hall–Kier alpha value is -2.42. The van der Waals surface area contributed by atoms with Crippen molar-refractivity contribution in [2.45, 2.75) is 27.0 Å². The molecule has 0 spiro atoms. The molecule has 0 saturated carbocycles. The number of para-hydroxylation sites is 1. The first kappa shape index (κ1) is 13.6. The van der Waals surface area contributed by atoms with Gasteiger partial charge in [0, 0.05) is 18.0 Å². The van der Waals surface area contributed by atoms with E-state index in [0.717, 1.165) is 12.2 Å². The van der Waals surface area contributed by atoms with E-state index in [9.17, 15) is 5.11 Å². The number of fused-ring (bicyclic) bond motifs is 1. The molecule has 3 rings (SSSR count). The summed E-state index contributed by atoms with van der Waals surface area (Å²) < 4.78 is 8.09. The first-order valence-corrected chi connectivity index (χ1v) is 7.18. The SMILES string of the molecule is CCn1c(COc2cccc(O)c2)cc2cccc(C)c21. The molecule has 0 aliphatic heterocycles. The van der Waals surface area contributed by atoms with Crippen LogP contribution in [0.5, 0.6) is 11.5 Å². The maximum Gasteiger partial charge on any atom is 0.128 e. The molecular weight excluding hydrogens is 262 g/mol. The second kappa shape index (κ2) is 5.52. The first-order chi connectivity index (χ1) is 10.2. The van der Waals surface area contributed by atoms with Crippen molar-refractivity contribution in [3.63, 3.8) is 0 Å². The van der Waals surface area contributed by atoms with Crippen LogP contribution in [0.25, 0.3) is 10.9 Å². The fraction of sp³-hybridized carbons (Fsp3) is 0.222. The summed E-state index contributed by atoms with van der Waals surface area (Å²) >= 11 is 0. The van der Waals surface area contributed by atoms with Crippen molar-refractivity contribution in [2.24, 2.45) is 0 Å². The fourth-order valence-corrected chi connectivity index (χ4v) is 2.78. The molecule has 0 atom stereocenters. The van der Waals surface area contributed by atoms with Crippen LogP contribution in [0.15, 0.2) is 48.5 Å². The summed E-state index contributed by atoms with van der Waals surface area (Å²) in [5.41, 5.74) is 3.69. The predicted molar refractivity (Wildman–Crippen MR) is 84.8 cm³/mol. The van der Waals surface area contributed by atoms with Crippen molar-refractivity contribution in [2.75, 3.05) is 0 Å². The van der Waals surface area contributed by atoms with Gasteiger partial charge in [0.2, 0.25) is 0 Å². The quantitative estimate of drug-likeness (QED) is 0.775. The van der Waals surface area contributed by atoms with Crippen LogP contribution in [0.3, 0.4) is 0 Å². The van der Waals surface area contributed by atoms with E-state index >= 15 is 0 Å². The summed E-state index contributed by atoms with van der Waals surface area (Å²) in [5.74, 6) is 0.902. The Kier molecular flexibility index (Phi) is 3.57. The van der Waals surface area contributed by atoms with Gasteiger partial charge in [-0.1, -0.05) is 24.3 Å². The molecule has 1 aromatic heterocycles. The minimum absolute atomic E-state index is 0.222. The Bertz CT molecular complexity index is 774. The third-order valence-electron chi connectivity index (χ3n) is 3.73. The highest BCUT2D eigenvalue weighted by atomic mass is 16.5. The lowest BCUT2D eigenvalue weighted by molar-refractivity contribution is 0.294. The Morgan fingerprint density at radius 3 is 2.67 bits per heavy atom. The molecule has 0 unspecified atom stereocenters. The van der Waals surface area contributed by atoms with E-state index in [1.165, 1.54) is 16.5 Å². The summed E-state index contributed by atoms with van der Waals surface area (Å²) in [6.45, 7) is 5.68. The molecule has 21 heavy (non-hydrogen) atoms. The minimum atomic E-state index is 0.222. The summed E-state index contributed by atoms with van der Waals surface area (Å²) in [6.07, 6.45) is 0. The van der Waals surface area contributed by atoms with E-state index in [1.807, 2.05) is 6.07 Å². The molecule has 0 aliphatic carbocycles. The van der Waals surface area contributed by atoms with Crippen LogP contribution in [0.1, 0.15) is 18.2 Å². The Labute approximate surface area is 124 Å². The van der Waals surface area contributed by atoms with Gasteiger partial charge in [-0.3, -0.25) is 0 Å². The van der Waals surface area contributed by atoms with Crippen LogP contribution in [-0.4, -0.2) is 9.67 Å². The molecule has 0 amide bonds. The van der Waals surface area contributed by atoms with Crippen LogP contribution >= 0.6 is 0 Å². The lowest BCUT2D eigenvalue weighted by Gasteiger charge is -2.11. The van der Waals surface area contributed by atoms with Crippen LogP contribution < -0.4 is 4.74 Å². The Morgan fingerprint density at radius 2 is 1.90 bits per heavy atom. The van der Waals surface area contributed by atoms with E-state index in [-0.39, 0.29) is 5.75 Å². The van der Waals surface area contributed by atoms with Crippen molar-refractivity contribution in [1.29, 1.82) is 0 Å². The van der Waals surface area contributed by atoms with Crippen molar-refractivity contribution < 1.29 is 9.84 Å². The molecule has 1 heterocycles. The first-order valence-electron chi connectivity index (χ1n) is 7.18. The zero-order chi connectivity index (χ0) is 14.8. The predicted octanol–water partition coefficient (Wildman–Crippen LogP) is 4.25. The van der Waals surface area contributed by atoms with Crippen molar-refractivity contribution in [1.82, 2.24) is 4.57 Å². The van der Waals surface area contributed by atoms with E-state index < -0.39 is 0 Å². The maximum atomic E-state index is 9.48. The second-order valence-corrected chi connectivity index (χ2v) is 5.18. The standard InChI is InChI=1S/C18H19NO2/c1-3-19-15(10-14-7-4-6-13(2)18(14)19)12-21-17-9-5-8-16(20)11-17/h4-11,20H,3,12H2,1-2H3. The second-order valence-electron chi connectivity index (χ2n) is 5.18. The van der Waals surface area contributed by atoms with Gasteiger partial charge < -0.3 is 14.4 Å². The summed E-state index contributed by atoms with van der Waals surface area (Å²) in [4.78, 5) is 0. The summed E-state index contributed by atoms with van der Waals surface area (Å²) in [7, 11) is 0. The van der Waals surface area contributed by atoms with Gasteiger partial charge in [-0.05, 0) is 37.6 Å². The molecule has 2 aromatic carbocycles. The maximum absolute atomic E-state index is 9.48. The van der Waals surface area contributed by atoms with Crippen LogP contribution in [0.4, 0.5) is 0 Å². The third kappa shape index (κ3) is 2.59. The van der Waals surface area contributed by atoms with Gasteiger partial charge in [0.05, 0.1) is 11.2 Å². The van der Waals surface area contributed by atoms with Gasteiger partial charge in [0.15, 0.2) is 0 Å². The van der Waals surface area contributed by atoms with E-state index in [0.29, 0.717) is 12.4 Å². The smallest absolute Gasteiger partial charge is 0.128 e. The number of rotatable bonds is 4. The molecule has 108 valence electrons. The van der Waals surface area contributed by atoms with Crippen molar-refractivity contribution >= 4 is 10.9 Å². The fourth-order valence-electron chi connectivity index (χ4n) is 2.78. The number of hydrogen-bond donors (Lipinski definition) is 1. The lowest BCUT2D eigenvalue weighted by atomic mass is 10.2. The molecular formula is C18H19NO2. The molecule has 0 saturated heterocycles. The average Bonchev–Trinajstić information content (AvgIpc) is 2.84. The average molecular weight is 281 g/mol. The van der Waals surface area contributed by atoms with E-state index in [2.05, 4.69) is 42.7 Å². The van der Waals surface area contributed by atoms with Gasteiger partial charge in [-0.2, -0.15) is 0 Å². The minimum Gasteiger partial charge on any atom is -0.508 e. The molecule has 0 aliphatic rings. The van der Waals surface area contributed by atoms with Crippen LogP contribution in [-0.2, 0) is 13.2 Å². The summed E-state index contributed by atoms with van der Waals surface area (Å²) in [5, 5.41) is 10.7. The molecule has 3 heteroatoms. The number of phenolic OH excluding ortho intramolecular Hbond substituents is 1. The Morgan fingerprint density at radius 1 is 1.10 bits per heavy atom. The van der Waals surface area contributed by atoms with Crippen molar-refractivity contribution in [3.05, 3.63) is 59.8 Å². The third-order valence-corrected chi connectivity index (χ3v) is 3.73. The number of nitrogens with zero attached hydrogens (tertiary/aromatic N) is 1. The van der Waals surface area contributed by atoms with Gasteiger partial charge in [0.25, 0.3) is 0 Å². The number of phenols is 1. The largest absolute Gasteiger partial charge is 0.508 e. The highest BCUT2D eigenvalue weighted by molar-refractivity contribution is 5.84.